The maximum absolute atomic E-state index is 12.2. The zero-order chi connectivity index (χ0) is 16.0. The zero-order valence-corrected chi connectivity index (χ0v) is 11.3. The molecule has 1 aromatic rings. The van der Waals surface area contributed by atoms with Crippen molar-refractivity contribution in [2.75, 3.05) is 31.6 Å². The average molecular weight is 304 g/mol. The molecule has 0 aromatic heterocycles. The lowest BCUT2D eigenvalue weighted by Gasteiger charge is -2.26. The number of benzene rings is 1. The zero-order valence-electron chi connectivity index (χ0n) is 11.3. The van der Waals surface area contributed by atoms with Crippen LogP contribution in [0.2, 0.25) is 0 Å². The molecule has 0 heterocycles. The van der Waals surface area contributed by atoms with Gasteiger partial charge in [-0.15, -0.1) is 0 Å². The quantitative estimate of drug-likeness (QED) is 0.867. The van der Waals surface area contributed by atoms with Gasteiger partial charge in [-0.2, -0.15) is 13.2 Å². The van der Waals surface area contributed by atoms with Gasteiger partial charge in [-0.1, -0.05) is 18.2 Å². The van der Waals surface area contributed by atoms with Gasteiger partial charge < -0.3 is 14.9 Å². The number of carboxylic acid groups (broad SMARTS) is 1. The first-order valence-electron chi connectivity index (χ1n) is 6.01. The fourth-order valence-corrected chi connectivity index (χ4v) is 1.68. The maximum Gasteiger partial charge on any atom is 0.406 e. The molecule has 1 aromatic carbocycles. The van der Waals surface area contributed by atoms with E-state index < -0.39 is 37.7 Å². The number of aliphatic carboxylic acids is 1. The predicted octanol–water partition coefficient (Wildman–Crippen LogP) is 1.60. The number of halogens is 3. The summed E-state index contributed by atoms with van der Waals surface area (Å²) in [7, 11) is 1.03. The number of para-hydroxylation sites is 1. The molecule has 1 rings (SSSR count). The van der Waals surface area contributed by atoms with Gasteiger partial charge in [0, 0.05) is 12.7 Å². The number of hydrogen-bond donors (Lipinski definition) is 1. The highest BCUT2D eigenvalue weighted by Gasteiger charge is 2.31. The second-order valence-electron chi connectivity index (χ2n) is 4.45. The lowest BCUT2D eigenvalue weighted by atomic mass is 10.2. The summed E-state index contributed by atoms with van der Waals surface area (Å²) in [5, 5.41) is 8.84. The van der Waals surface area contributed by atoms with E-state index in [4.69, 9.17) is 5.11 Å². The highest BCUT2D eigenvalue weighted by atomic mass is 19.4. The lowest BCUT2D eigenvalue weighted by molar-refractivity contribution is -0.157. The Labute approximate surface area is 119 Å². The Kier molecular flexibility index (Phi) is 5.57. The minimum absolute atomic E-state index is 0.442. The monoisotopic (exact) mass is 304 g/mol. The largest absolute Gasteiger partial charge is 0.480 e. The Morgan fingerprint density at radius 1 is 1.14 bits per heavy atom. The third-order valence-corrected chi connectivity index (χ3v) is 2.62. The summed E-state index contributed by atoms with van der Waals surface area (Å²) in [6.07, 6.45) is -4.49. The molecule has 0 fully saturated rings. The first-order chi connectivity index (χ1) is 9.69. The minimum Gasteiger partial charge on any atom is -0.480 e. The number of amides is 1. The first-order valence-corrected chi connectivity index (χ1v) is 6.01. The molecule has 0 aliphatic rings. The van der Waals surface area contributed by atoms with Crippen molar-refractivity contribution in [2.24, 2.45) is 0 Å². The van der Waals surface area contributed by atoms with E-state index in [1.165, 1.54) is 4.90 Å². The third kappa shape index (κ3) is 6.15. The Balaban J connectivity index is 2.77. The molecular formula is C13H15F3N2O3. The molecule has 1 N–H and O–H groups in total. The number of nitrogens with zero attached hydrogens (tertiary/aromatic N) is 2. The van der Waals surface area contributed by atoms with E-state index in [1.807, 2.05) is 0 Å². The first kappa shape index (κ1) is 16.8. The molecule has 1 amide bonds. The van der Waals surface area contributed by atoms with Gasteiger partial charge in [0.15, 0.2) is 0 Å². The standard InChI is InChI=1S/C13H15F3N2O3/c1-17(9-13(14,15)16)11(19)7-18(8-12(20)21)10-5-3-2-4-6-10/h2-6H,7-9H2,1H3,(H,20,21). The van der Waals surface area contributed by atoms with Crippen molar-refractivity contribution in [3.63, 3.8) is 0 Å². The lowest BCUT2D eigenvalue weighted by Crippen LogP contribution is -2.43. The second-order valence-corrected chi connectivity index (χ2v) is 4.45. The summed E-state index contributed by atoms with van der Waals surface area (Å²) in [6.45, 7) is -2.29. The van der Waals surface area contributed by atoms with Gasteiger partial charge in [0.05, 0.1) is 6.54 Å². The van der Waals surface area contributed by atoms with Gasteiger partial charge in [-0.05, 0) is 12.1 Å². The van der Waals surface area contributed by atoms with Gasteiger partial charge in [-0.25, -0.2) is 0 Å². The molecule has 0 aliphatic carbocycles. The van der Waals surface area contributed by atoms with Crippen LogP contribution in [0.25, 0.3) is 0 Å². The van der Waals surface area contributed by atoms with E-state index in [0.717, 1.165) is 7.05 Å². The third-order valence-electron chi connectivity index (χ3n) is 2.62. The van der Waals surface area contributed by atoms with Crippen molar-refractivity contribution in [2.45, 2.75) is 6.18 Å². The Morgan fingerprint density at radius 2 is 1.71 bits per heavy atom. The van der Waals surface area contributed by atoms with Crippen LogP contribution in [0.15, 0.2) is 30.3 Å². The number of anilines is 1. The summed E-state index contributed by atoms with van der Waals surface area (Å²) in [5.41, 5.74) is 0.452. The number of carbonyl (C=O) groups is 2. The highest BCUT2D eigenvalue weighted by Crippen LogP contribution is 2.17. The van der Waals surface area contributed by atoms with E-state index in [2.05, 4.69) is 0 Å². The Bertz CT molecular complexity index is 491. The van der Waals surface area contributed by atoms with Gasteiger partial charge in [0.25, 0.3) is 0 Å². The summed E-state index contributed by atoms with van der Waals surface area (Å²) in [5.74, 6) is -1.98. The van der Waals surface area contributed by atoms with Crippen molar-refractivity contribution in [3.05, 3.63) is 30.3 Å². The van der Waals surface area contributed by atoms with E-state index in [9.17, 15) is 22.8 Å². The second kappa shape index (κ2) is 6.96. The van der Waals surface area contributed by atoms with E-state index in [1.54, 1.807) is 30.3 Å². The van der Waals surface area contributed by atoms with Gasteiger partial charge in [0.1, 0.15) is 13.1 Å². The normalized spacial score (nSPS) is 11.0. The molecule has 116 valence electrons. The molecule has 0 saturated carbocycles. The molecule has 0 aliphatic heterocycles. The molecule has 21 heavy (non-hydrogen) atoms. The Morgan fingerprint density at radius 3 is 2.19 bits per heavy atom. The van der Waals surface area contributed by atoms with Crippen molar-refractivity contribution in [3.8, 4) is 0 Å². The molecular weight excluding hydrogens is 289 g/mol. The topological polar surface area (TPSA) is 60.9 Å². The van der Waals surface area contributed by atoms with Crippen LogP contribution in [0, 0.1) is 0 Å². The summed E-state index contributed by atoms with van der Waals surface area (Å²) in [4.78, 5) is 24.3. The molecule has 0 unspecified atom stereocenters. The number of likely N-dealkylation sites (N-methyl/N-ethyl adjacent to an activating group) is 1. The molecule has 8 heteroatoms. The predicted molar refractivity (Wildman–Crippen MR) is 70.0 cm³/mol. The summed E-state index contributed by atoms with van der Waals surface area (Å²) in [6, 6.07) is 8.17. The van der Waals surface area contributed by atoms with E-state index in [-0.39, 0.29) is 0 Å². The van der Waals surface area contributed by atoms with Crippen LogP contribution in [0.3, 0.4) is 0 Å². The van der Waals surface area contributed by atoms with Crippen LogP contribution < -0.4 is 4.90 Å². The molecule has 0 atom stereocenters. The molecule has 5 nitrogen and oxygen atoms in total. The molecule has 0 radical (unpaired) electrons. The Hall–Kier alpha value is -2.25. The SMILES string of the molecule is CN(CC(F)(F)F)C(=O)CN(CC(=O)O)c1ccccc1. The number of alkyl halides is 3. The van der Waals surface area contributed by atoms with Crippen molar-refractivity contribution < 1.29 is 27.9 Å². The smallest absolute Gasteiger partial charge is 0.406 e. The van der Waals surface area contributed by atoms with Crippen LogP contribution in [0.4, 0.5) is 18.9 Å². The van der Waals surface area contributed by atoms with Gasteiger partial charge >= 0.3 is 12.1 Å². The fourth-order valence-electron chi connectivity index (χ4n) is 1.68. The fraction of sp³-hybridized carbons (Fsp3) is 0.385. The number of carbonyl (C=O) groups excluding carboxylic acids is 1. The number of hydrogen-bond acceptors (Lipinski definition) is 3. The van der Waals surface area contributed by atoms with Crippen LogP contribution in [-0.2, 0) is 9.59 Å². The van der Waals surface area contributed by atoms with Crippen LogP contribution in [0.5, 0.6) is 0 Å². The number of rotatable bonds is 6. The molecule has 0 saturated heterocycles. The van der Waals surface area contributed by atoms with E-state index in [0.29, 0.717) is 10.6 Å². The van der Waals surface area contributed by atoms with Crippen molar-refractivity contribution in [1.29, 1.82) is 0 Å². The average Bonchev–Trinajstić information content (AvgIpc) is 2.36. The van der Waals surface area contributed by atoms with Crippen LogP contribution in [0.1, 0.15) is 0 Å². The van der Waals surface area contributed by atoms with Crippen molar-refractivity contribution >= 4 is 17.6 Å². The van der Waals surface area contributed by atoms with Gasteiger partial charge in [0.2, 0.25) is 5.91 Å². The van der Waals surface area contributed by atoms with Crippen molar-refractivity contribution in [1.82, 2.24) is 4.90 Å². The minimum atomic E-state index is -4.49. The van der Waals surface area contributed by atoms with Gasteiger partial charge in [-0.3, -0.25) is 9.59 Å². The maximum atomic E-state index is 12.2. The molecule has 0 spiro atoms. The van der Waals surface area contributed by atoms with Crippen LogP contribution in [-0.4, -0.2) is 54.7 Å². The highest BCUT2D eigenvalue weighted by molar-refractivity contribution is 5.84. The van der Waals surface area contributed by atoms with E-state index >= 15 is 0 Å². The van der Waals surface area contributed by atoms with Crippen LogP contribution >= 0.6 is 0 Å². The molecule has 0 bridgehead atoms. The summed E-state index contributed by atoms with van der Waals surface area (Å²) >= 11 is 0. The summed E-state index contributed by atoms with van der Waals surface area (Å²) < 4.78 is 36.7. The number of carboxylic acids is 1.